The molecule has 34 heavy (non-hydrogen) atoms. The second-order valence-electron chi connectivity index (χ2n) is 9.83. The van der Waals surface area contributed by atoms with Gasteiger partial charge in [-0.1, -0.05) is 31.0 Å². The van der Waals surface area contributed by atoms with Crippen molar-refractivity contribution in [2.45, 2.75) is 56.1 Å². The van der Waals surface area contributed by atoms with Crippen LogP contribution in [0.5, 0.6) is 17.2 Å². The van der Waals surface area contributed by atoms with Crippen LogP contribution in [0.15, 0.2) is 42.5 Å². The van der Waals surface area contributed by atoms with Gasteiger partial charge in [-0.05, 0) is 80.6 Å². The van der Waals surface area contributed by atoms with E-state index in [4.69, 9.17) is 24.4 Å². The monoisotopic (exact) mass is 469 g/mol. The molecule has 1 aliphatic heterocycles. The molecule has 5 rings (SSSR count). The predicted molar refractivity (Wildman–Crippen MR) is 133 cm³/mol. The lowest BCUT2D eigenvalue weighted by atomic mass is 9.52. The zero-order valence-corrected chi connectivity index (χ0v) is 20.7. The van der Waals surface area contributed by atoms with Crippen LogP contribution in [0, 0.1) is 5.92 Å². The topological polar surface area (TPSA) is 71.4 Å². The van der Waals surface area contributed by atoms with Crippen molar-refractivity contribution in [3.8, 4) is 17.2 Å². The maximum absolute atomic E-state index is 9.07. The van der Waals surface area contributed by atoms with Crippen molar-refractivity contribution in [3.63, 3.8) is 0 Å². The maximum Gasteiger partial charge on any atom is 0.161 e. The van der Waals surface area contributed by atoms with Gasteiger partial charge in [0.1, 0.15) is 18.5 Å². The van der Waals surface area contributed by atoms with E-state index in [2.05, 4.69) is 30.1 Å². The molecule has 0 spiro atoms. The molecule has 1 heterocycles. The first kappa shape index (κ1) is 24.8. The number of methoxy groups -OCH3 is 2. The molecular formula is C28H39NO5. The number of rotatable bonds is 6. The quantitative estimate of drug-likeness (QED) is 0.671. The summed E-state index contributed by atoms with van der Waals surface area (Å²) in [6, 6.07) is 14.7. The molecule has 4 atom stereocenters. The fraction of sp³-hybridized carbons (Fsp3) is 0.571. The summed E-state index contributed by atoms with van der Waals surface area (Å²) in [7, 11) is 5.67. The summed E-state index contributed by atoms with van der Waals surface area (Å²) >= 11 is 0. The number of benzene rings is 2. The van der Waals surface area contributed by atoms with Gasteiger partial charge in [0.2, 0.25) is 0 Å². The number of ether oxygens (including phenoxy) is 3. The number of likely N-dealkylation sites (N-methyl/N-ethyl adjacent to an activating group) is 1. The number of hydrogen-bond acceptors (Lipinski definition) is 6. The Bertz CT molecular complexity index is 950. The van der Waals surface area contributed by atoms with Crippen molar-refractivity contribution in [1.82, 2.24) is 4.90 Å². The molecule has 2 N–H and O–H groups in total. The van der Waals surface area contributed by atoms with Gasteiger partial charge in [-0.25, -0.2) is 0 Å². The first-order valence-electron chi connectivity index (χ1n) is 12.4. The number of piperidine rings is 1. The minimum Gasteiger partial charge on any atom is -0.497 e. The normalized spacial score (nSPS) is 26.3. The average Bonchev–Trinajstić information content (AvgIpc) is 2.89. The Morgan fingerprint density at radius 3 is 2.59 bits per heavy atom. The van der Waals surface area contributed by atoms with E-state index in [9.17, 15) is 0 Å². The van der Waals surface area contributed by atoms with Gasteiger partial charge in [0.25, 0.3) is 0 Å². The van der Waals surface area contributed by atoms with Crippen LogP contribution in [0.2, 0.25) is 0 Å². The Kier molecular flexibility index (Phi) is 8.02. The van der Waals surface area contributed by atoms with Gasteiger partial charge in [-0.15, -0.1) is 0 Å². The minimum absolute atomic E-state index is 0.0525. The Hall–Kier alpha value is -2.28. The molecule has 0 amide bonds. The maximum atomic E-state index is 9.07. The fourth-order valence-corrected chi connectivity index (χ4v) is 6.28. The van der Waals surface area contributed by atoms with Gasteiger partial charge < -0.3 is 29.3 Å². The van der Waals surface area contributed by atoms with Crippen molar-refractivity contribution >= 4 is 0 Å². The molecule has 2 bridgehead atoms. The van der Waals surface area contributed by atoms with Crippen LogP contribution in [0.1, 0.15) is 43.2 Å². The summed E-state index contributed by atoms with van der Waals surface area (Å²) < 4.78 is 15.8. The highest BCUT2D eigenvalue weighted by Crippen LogP contribution is 2.55. The zero-order chi connectivity index (χ0) is 24.1. The highest BCUT2D eigenvalue weighted by molar-refractivity contribution is 5.45. The first-order valence-corrected chi connectivity index (χ1v) is 12.4. The smallest absolute Gasteiger partial charge is 0.161 e. The van der Waals surface area contributed by atoms with Crippen molar-refractivity contribution < 1.29 is 24.4 Å². The van der Waals surface area contributed by atoms with E-state index in [-0.39, 0.29) is 13.2 Å². The average molecular weight is 470 g/mol. The standard InChI is InChI=1S/C18H25NO.C10H14O4/c1-19-10-9-18-8-4-3-5-15(18)17(19)11-13-6-7-14(20-2)12-16(13)18;1-13-9-4-2-3-5-10(9)14-7-8(12)6-11/h6-7,12,15,17H,3-5,8-11H2,1-2H3;2-5,8,11-12H,6-7H2,1H3/t15-,17+,18+;/m1./s1. The Labute approximate surface area is 203 Å². The van der Waals surface area contributed by atoms with Crippen LogP contribution in [0.3, 0.4) is 0 Å². The largest absolute Gasteiger partial charge is 0.497 e. The van der Waals surface area contributed by atoms with E-state index in [1.807, 2.05) is 12.1 Å². The number of hydrogen-bond donors (Lipinski definition) is 2. The Morgan fingerprint density at radius 1 is 1.06 bits per heavy atom. The zero-order valence-electron chi connectivity index (χ0n) is 20.7. The van der Waals surface area contributed by atoms with Crippen LogP contribution in [0.4, 0.5) is 0 Å². The molecule has 6 nitrogen and oxygen atoms in total. The van der Waals surface area contributed by atoms with Crippen molar-refractivity contribution in [2.75, 3.05) is 41.0 Å². The van der Waals surface area contributed by atoms with E-state index in [1.165, 1.54) is 45.1 Å². The Balaban J connectivity index is 0.000000173. The molecular weight excluding hydrogens is 430 g/mol. The number of aliphatic hydroxyl groups excluding tert-OH is 2. The fourth-order valence-electron chi connectivity index (χ4n) is 6.28. The van der Waals surface area contributed by atoms with Crippen molar-refractivity contribution in [1.29, 1.82) is 0 Å². The highest BCUT2D eigenvalue weighted by Gasteiger charge is 2.53. The number of nitrogens with zero attached hydrogens (tertiary/aromatic N) is 1. The van der Waals surface area contributed by atoms with E-state index >= 15 is 0 Å². The molecule has 0 radical (unpaired) electrons. The second kappa shape index (κ2) is 11.0. The third-order valence-electron chi connectivity index (χ3n) is 8.03. The van der Waals surface area contributed by atoms with Gasteiger partial charge in [0.05, 0.1) is 20.8 Å². The summed E-state index contributed by atoms with van der Waals surface area (Å²) in [5.74, 6) is 3.08. The summed E-state index contributed by atoms with van der Waals surface area (Å²) in [5, 5.41) is 17.6. The van der Waals surface area contributed by atoms with Crippen molar-refractivity contribution in [3.05, 3.63) is 53.6 Å². The van der Waals surface area contributed by atoms with Gasteiger partial charge in [0, 0.05) is 11.5 Å². The number of fused-ring (bicyclic) bond motifs is 1. The lowest BCUT2D eigenvalue weighted by molar-refractivity contribution is 0.00274. The molecule has 1 unspecified atom stereocenters. The molecule has 2 aliphatic carbocycles. The van der Waals surface area contributed by atoms with E-state index < -0.39 is 6.10 Å². The lowest BCUT2D eigenvalue weighted by Crippen LogP contribution is -2.59. The molecule has 3 aliphatic rings. The molecule has 2 aromatic carbocycles. The molecule has 1 saturated carbocycles. The van der Waals surface area contributed by atoms with E-state index in [1.54, 1.807) is 37.5 Å². The van der Waals surface area contributed by atoms with Gasteiger partial charge >= 0.3 is 0 Å². The van der Waals surface area contributed by atoms with E-state index in [0.717, 1.165) is 17.7 Å². The lowest BCUT2D eigenvalue weighted by Gasteiger charge is -2.58. The van der Waals surface area contributed by atoms with Gasteiger partial charge in [-0.2, -0.15) is 0 Å². The van der Waals surface area contributed by atoms with Crippen LogP contribution in [-0.2, 0) is 11.8 Å². The summed E-state index contributed by atoms with van der Waals surface area (Å²) in [6.45, 7) is 1.00. The molecule has 2 fully saturated rings. The molecule has 0 aromatic heterocycles. The third-order valence-corrected chi connectivity index (χ3v) is 8.03. The summed E-state index contributed by atoms with van der Waals surface area (Å²) in [6.07, 6.45) is 7.36. The molecule has 186 valence electrons. The second-order valence-corrected chi connectivity index (χ2v) is 9.83. The van der Waals surface area contributed by atoms with Crippen LogP contribution < -0.4 is 14.2 Å². The molecule has 1 saturated heterocycles. The van der Waals surface area contributed by atoms with E-state index in [0.29, 0.717) is 16.9 Å². The number of likely N-dealkylation sites (tertiary alicyclic amines) is 1. The predicted octanol–water partition coefficient (Wildman–Crippen LogP) is 3.81. The van der Waals surface area contributed by atoms with Crippen LogP contribution >= 0.6 is 0 Å². The van der Waals surface area contributed by atoms with Gasteiger partial charge in [0.15, 0.2) is 11.5 Å². The summed E-state index contributed by atoms with van der Waals surface area (Å²) in [5.41, 5.74) is 3.67. The van der Waals surface area contributed by atoms with Crippen LogP contribution in [-0.4, -0.2) is 68.3 Å². The SMILES string of the molecule is COc1ccc2c(c1)[C@]13CCCC[C@@H]1[C@H](C2)N(C)CC3.COc1ccccc1OCC(O)CO. The third kappa shape index (κ3) is 4.90. The number of para-hydroxylation sites is 2. The Morgan fingerprint density at radius 2 is 1.85 bits per heavy atom. The minimum atomic E-state index is -0.861. The number of aliphatic hydroxyl groups is 2. The molecule has 6 heteroatoms. The first-order chi connectivity index (χ1) is 16.5. The summed E-state index contributed by atoms with van der Waals surface area (Å²) in [4.78, 5) is 2.63. The highest BCUT2D eigenvalue weighted by atomic mass is 16.5. The molecule has 2 aromatic rings. The van der Waals surface area contributed by atoms with Crippen molar-refractivity contribution in [2.24, 2.45) is 5.92 Å². The van der Waals surface area contributed by atoms with Gasteiger partial charge in [-0.3, -0.25) is 0 Å². The van der Waals surface area contributed by atoms with Crippen LogP contribution in [0.25, 0.3) is 0 Å².